The second-order valence-corrected chi connectivity index (χ2v) is 17.0. The maximum absolute atomic E-state index is 12.4. The lowest BCUT2D eigenvalue weighted by molar-refractivity contribution is -0.161. The number of phosphoric acid groups is 1. The van der Waals surface area contributed by atoms with Gasteiger partial charge in [0, 0.05) is 12.8 Å². The highest BCUT2D eigenvalue weighted by atomic mass is 31.2. The van der Waals surface area contributed by atoms with Crippen LogP contribution in [0, 0.1) is 0 Å². The average Bonchev–Trinajstić information content (AvgIpc) is 3.17. The molecular formula is C47H87O8P. The Balaban J connectivity index is 3.86. The highest BCUT2D eigenvalue weighted by Crippen LogP contribution is 2.36. The summed E-state index contributed by atoms with van der Waals surface area (Å²) in [5, 5.41) is 0. The van der Waals surface area contributed by atoms with E-state index in [4.69, 9.17) is 19.3 Å². The van der Waals surface area contributed by atoms with Crippen LogP contribution in [0.5, 0.6) is 0 Å². The van der Waals surface area contributed by atoms with Crippen molar-refractivity contribution < 1.29 is 37.9 Å². The standard InChI is InChI=1S/C47H87O8P/c1-3-5-7-9-11-13-15-17-19-20-21-22-23-24-25-26-28-29-31-33-35-37-39-41-46(48)53-43-45(44-54-56(50,51)52)55-47(49)42-40-38-36-34-32-30-27-18-16-14-12-10-8-6-4-2/h12,14,18,27,33,35,45H,3-11,13,15-17,19-26,28-32,34,36-44H2,1-2H3,(H2,50,51,52)/b14-12+,27-18+,35-33+/t45-/m1/s1. The van der Waals surface area contributed by atoms with Crippen molar-refractivity contribution >= 4 is 19.8 Å². The summed E-state index contributed by atoms with van der Waals surface area (Å²) in [5.74, 6) is -0.932. The van der Waals surface area contributed by atoms with E-state index in [2.05, 4.69) is 54.8 Å². The lowest BCUT2D eigenvalue weighted by Gasteiger charge is -2.18. The average molecular weight is 811 g/mol. The Hall–Kier alpha value is -1.73. The number of esters is 2. The number of carbonyl (C=O) groups is 2. The molecule has 0 aliphatic rings. The van der Waals surface area contributed by atoms with Crippen LogP contribution >= 0.6 is 7.82 Å². The minimum absolute atomic E-state index is 0.191. The third kappa shape index (κ3) is 45.0. The fourth-order valence-electron chi connectivity index (χ4n) is 6.64. The molecule has 0 saturated carbocycles. The van der Waals surface area contributed by atoms with Gasteiger partial charge in [-0.1, -0.05) is 192 Å². The van der Waals surface area contributed by atoms with Crippen molar-refractivity contribution in [3.8, 4) is 0 Å². The number of allylic oxidation sites excluding steroid dienone is 6. The molecule has 0 aromatic carbocycles. The molecule has 0 radical (unpaired) electrons. The summed E-state index contributed by atoms with van der Waals surface area (Å²) in [6.45, 7) is 3.65. The van der Waals surface area contributed by atoms with Crippen LogP contribution in [-0.4, -0.2) is 41.0 Å². The Kier molecular flexibility index (Phi) is 41.5. The lowest BCUT2D eigenvalue weighted by atomic mass is 10.0. The van der Waals surface area contributed by atoms with E-state index < -0.39 is 32.5 Å². The van der Waals surface area contributed by atoms with Crippen molar-refractivity contribution in [3.05, 3.63) is 36.5 Å². The topological polar surface area (TPSA) is 119 Å². The van der Waals surface area contributed by atoms with Crippen LogP contribution in [0.25, 0.3) is 0 Å². The first-order chi connectivity index (χ1) is 27.3. The van der Waals surface area contributed by atoms with Gasteiger partial charge in [-0.3, -0.25) is 14.1 Å². The predicted octanol–water partition coefficient (Wildman–Crippen LogP) is 14.5. The van der Waals surface area contributed by atoms with E-state index >= 15 is 0 Å². The zero-order chi connectivity index (χ0) is 41.1. The minimum Gasteiger partial charge on any atom is -0.462 e. The van der Waals surface area contributed by atoms with Gasteiger partial charge in [0.05, 0.1) is 6.61 Å². The number of rotatable bonds is 43. The Bertz CT molecular complexity index is 1000. The van der Waals surface area contributed by atoms with E-state index in [0.717, 1.165) is 51.4 Å². The van der Waals surface area contributed by atoms with Gasteiger partial charge in [-0.05, 0) is 64.2 Å². The summed E-state index contributed by atoms with van der Waals surface area (Å²) in [7, 11) is -4.76. The van der Waals surface area contributed by atoms with Crippen molar-refractivity contribution in [2.75, 3.05) is 13.2 Å². The third-order valence-electron chi connectivity index (χ3n) is 10.1. The molecule has 328 valence electrons. The number of phosphoric ester groups is 1. The Labute approximate surface area is 344 Å². The molecule has 0 aromatic rings. The quantitative estimate of drug-likeness (QED) is 0.0270. The zero-order valence-corrected chi connectivity index (χ0v) is 37.2. The summed E-state index contributed by atoms with van der Waals surface area (Å²) in [5.41, 5.74) is 0. The van der Waals surface area contributed by atoms with Crippen molar-refractivity contribution in [2.24, 2.45) is 0 Å². The highest BCUT2D eigenvalue weighted by Gasteiger charge is 2.22. The first kappa shape index (κ1) is 54.3. The summed E-state index contributed by atoms with van der Waals surface area (Å²) in [4.78, 5) is 42.9. The van der Waals surface area contributed by atoms with Crippen molar-refractivity contribution in [1.82, 2.24) is 0 Å². The number of hydrogen-bond donors (Lipinski definition) is 2. The second-order valence-electron chi connectivity index (χ2n) is 15.7. The Morgan fingerprint density at radius 1 is 0.464 bits per heavy atom. The maximum atomic E-state index is 12.4. The lowest BCUT2D eigenvalue weighted by Crippen LogP contribution is -2.29. The van der Waals surface area contributed by atoms with E-state index in [-0.39, 0.29) is 19.4 Å². The molecule has 0 saturated heterocycles. The fraction of sp³-hybridized carbons (Fsp3) is 0.830. The third-order valence-corrected chi connectivity index (χ3v) is 10.6. The summed E-state index contributed by atoms with van der Waals surface area (Å²) in [6, 6.07) is 0. The first-order valence-corrected chi connectivity index (χ1v) is 24.8. The van der Waals surface area contributed by atoms with Crippen LogP contribution in [0.3, 0.4) is 0 Å². The molecule has 56 heavy (non-hydrogen) atoms. The molecule has 1 atom stereocenters. The second kappa shape index (κ2) is 42.9. The van der Waals surface area contributed by atoms with Gasteiger partial charge < -0.3 is 19.3 Å². The van der Waals surface area contributed by atoms with Gasteiger partial charge in [0.1, 0.15) is 6.61 Å². The van der Waals surface area contributed by atoms with Gasteiger partial charge >= 0.3 is 19.8 Å². The molecule has 8 nitrogen and oxygen atoms in total. The monoisotopic (exact) mass is 811 g/mol. The van der Waals surface area contributed by atoms with Crippen LogP contribution < -0.4 is 0 Å². The molecule has 9 heteroatoms. The first-order valence-electron chi connectivity index (χ1n) is 23.3. The van der Waals surface area contributed by atoms with Gasteiger partial charge in [0.25, 0.3) is 0 Å². The van der Waals surface area contributed by atoms with E-state index in [1.807, 2.05) is 0 Å². The summed E-state index contributed by atoms with van der Waals surface area (Å²) in [6.07, 6.45) is 51.7. The molecular weight excluding hydrogens is 723 g/mol. The van der Waals surface area contributed by atoms with Crippen LogP contribution in [0.2, 0.25) is 0 Å². The molecule has 0 aromatic heterocycles. The minimum atomic E-state index is -4.76. The Morgan fingerprint density at radius 2 is 0.821 bits per heavy atom. The van der Waals surface area contributed by atoms with E-state index in [9.17, 15) is 14.2 Å². The molecule has 0 spiro atoms. The number of hydrogen-bond acceptors (Lipinski definition) is 6. The van der Waals surface area contributed by atoms with Crippen molar-refractivity contribution in [3.63, 3.8) is 0 Å². The van der Waals surface area contributed by atoms with Crippen molar-refractivity contribution in [1.29, 1.82) is 0 Å². The number of ether oxygens (including phenoxy) is 2. The largest absolute Gasteiger partial charge is 0.469 e. The summed E-state index contributed by atoms with van der Waals surface area (Å²) < 4.78 is 26.4. The SMILES string of the molecule is CCCCC/C=C/C/C=C/CCCCCCCC(=O)O[C@H](COC(=O)CCC/C=C/CCCCCCCCCCCCCCCCCCCC)COP(=O)(O)O. The van der Waals surface area contributed by atoms with Gasteiger partial charge in [0.15, 0.2) is 6.10 Å². The highest BCUT2D eigenvalue weighted by molar-refractivity contribution is 7.46. The molecule has 0 bridgehead atoms. The van der Waals surface area contributed by atoms with Gasteiger partial charge in [-0.15, -0.1) is 0 Å². The Morgan fingerprint density at radius 3 is 1.29 bits per heavy atom. The fourth-order valence-corrected chi connectivity index (χ4v) is 7.00. The molecule has 2 N–H and O–H groups in total. The summed E-state index contributed by atoms with van der Waals surface area (Å²) >= 11 is 0. The van der Waals surface area contributed by atoms with Crippen LogP contribution in [0.15, 0.2) is 36.5 Å². The smallest absolute Gasteiger partial charge is 0.462 e. The van der Waals surface area contributed by atoms with Crippen LogP contribution in [0.4, 0.5) is 0 Å². The number of unbranched alkanes of at least 4 members (excludes halogenated alkanes) is 27. The molecule has 0 unspecified atom stereocenters. The zero-order valence-electron chi connectivity index (χ0n) is 36.3. The van der Waals surface area contributed by atoms with Gasteiger partial charge in [-0.25, -0.2) is 4.57 Å². The van der Waals surface area contributed by atoms with E-state index in [1.54, 1.807) is 0 Å². The molecule has 0 amide bonds. The predicted molar refractivity (Wildman–Crippen MR) is 235 cm³/mol. The van der Waals surface area contributed by atoms with E-state index in [0.29, 0.717) is 12.8 Å². The van der Waals surface area contributed by atoms with Crippen LogP contribution in [0.1, 0.15) is 232 Å². The van der Waals surface area contributed by atoms with Crippen molar-refractivity contribution in [2.45, 2.75) is 238 Å². The molecule has 0 aliphatic carbocycles. The van der Waals surface area contributed by atoms with Crippen LogP contribution in [-0.2, 0) is 28.2 Å². The van der Waals surface area contributed by atoms with Gasteiger partial charge in [0.2, 0.25) is 0 Å². The molecule has 0 rings (SSSR count). The molecule has 0 fully saturated rings. The molecule has 0 aliphatic heterocycles. The van der Waals surface area contributed by atoms with Gasteiger partial charge in [-0.2, -0.15) is 0 Å². The van der Waals surface area contributed by atoms with E-state index in [1.165, 1.54) is 141 Å². The normalized spacial score (nSPS) is 12.7. The molecule has 0 heterocycles. The maximum Gasteiger partial charge on any atom is 0.469 e. The number of carbonyl (C=O) groups excluding carboxylic acids is 2.